The van der Waals surface area contributed by atoms with Crippen molar-refractivity contribution in [1.29, 1.82) is 0 Å². The van der Waals surface area contributed by atoms with Crippen LogP contribution in [-0.4, -0.2) is 104 Å². The van der Waals surface area contributed by atoms with Crippen LogP contribution in [0.15, 0.2) is 54.6 Å². The van der Waals surface area contributed by atoms with Gasteiger partial charge < -0.3 is 19.5 Å². The van der Waals surface area contributed by atoms with Gasteiger partial charge in [-0.1, -0.05) is 60.2 Å². The second kappa shape index (κ2) is 13.5. The van der Waals surface area contributed by atoms with Crippen LogP contribution in [0.25, 0.3) is 11.4 Å². The second-order valence-corrected chi connectivity index (χ2v) is 10.6. The minimum Gasteiger partial charge on any atom is -0.390 e. The number of ether oxygens (including phenoxy) is 2. The maximum atomic E-state index is 10.7. The van der Waals surface area contributed by atoms with Gasteiger partial charge in [-0.05, 0) is 12.5 Å². The molecule has 3 heterocycles. The molecule has 2 saturated heterocycles. The largest absolute Gasteiger partial charge is 0.390 e. The number of methoxy groups -OCH3 is 1. The number of hydrogen-bond donors (Lipinski definition) is 1. The molecule has 208 valence electrons. The van der Waals surface area contributed by atoms with Crippen molar-refractivity contribution >= 4 is 5.82 Å². The molecule has 0 amide bonds. The van der Waals surface area contributed by atoms with Gasteiger partial charge in [0.2, 0.25) is 0 Å². The van der Waals surface area contributed by atoms with Crippen LogP contribution < -0.4 is 4.90 Å². The predicted octanol–water partition coefficient (Wildman–Crippen LogP) is 3.00. The number of aliphatic hydroxyl groups is 1. The highest BCUT2D eigenvalue weighted by atomic mass is 16.5. The van der Waals surface area contributed by atoms with E-state index >= 15 is 0 Å². The first-order chi connectivity index (χ1) is 19.1. The molecular weight excluding hydrogens is 490 g/mol. The molecule has 0 aliphatic carbocycles. The number of benzene rings is 2. The van der Waals surface area contributed by atoms with Gasteiger partial charge in [-0.15, -0.1) is 0 Å². The lowest BCUT2D eigenvalue weighted by atomic mass is 10.0. The fraction of sp³-hybridized carbons (Fsp3) is 0.484. The summed E-state index contributed by atoms with van der Waals surface area (Å²) in [7, 11) is 1.72. The number of hydrogen-bond acceptors (Lipinski definition) is 8. The molecule has 1 N–H and O–H groups in total. The lowest BCUT2D eigenvalue weighted by molar-refractivity contribution is 0.00655. The Labute approximate surface area is 232 Å². The van der Waals surface area contributed by atoms with Gasteiger partial charge in [0.05, 0.1) is 31.6 Å². The van der Waals surface area contributed by atoms with E-state index in [1.54, 1.807) is 7.11 Å². The first-order valence-electron chi connectivity index (χ1n) is 14.0. The molecule has 0 radical (unpaired) electrons. The van der Waals surface area contributed by atoms with E-state index < -0.39 is 0 Å². The number of anilines is 1. The van der Waals surface area contributed by atoms with Crippen LogP contribution in [0, 0.1) is 6.92 Å². The third-order valence-corrected chi connectivity index (χ3v) is 7.60. The van der Waals surface area contributed by atoms with E-state index in [2.05, 4.69) is 58.0 Å². The van der Waals surface area contributed by atoms with Gasteiger partial charge in [-0.2, -0.15) is 0 Å². The fourth-order valence-electron chi connectivity index (χ4n) is 5.42. The molecular formula is C31H41N5O3. The van der Waals surface area contributed by atoms with Gasteiger partial charge in [-0.25, -0.2) is 9.97 Å². The van der Waals surface area contributed by atoms with Crippen molar-refractivity contribution in [2.75, 3.05) is 77.6 Å². The highest BCUT2D eigenvalue weighted by Crippen LogP contribution is 2.29. The summed E-state index contributed by atoms with van der Waals surface area (Å²) < 4.78 is 11.1. The Morgan fingerprint density at radius 1 is 0.872 bits per heavy atom. The smallest absolute Gasteiger partial charge is 0.161 e. The van der Waals surface area contributed by atoms with Gasteiger partial charge >= 0.3 is 0 Å². The molecule has 1 atom stereocenters. The van der Waals surface area contributed by atoms with Crippen molar-refractivity contribution in [3.63, 3.8) is 0 Å². The number of rotatable bonds is 10. The average molecular weight is 532 g/mol. The SMILES string of the molecule is COCc1nc(-c2ccccc2)nc(N2CCN(C[C@H](O)CN3CCOCC3)CC2)c1Cc1ccc(C)cc1. The van der Waals surface area contributed by atoms with E-state index in [0.29, 0.717) is 19.7 Å². The third-order valence-electron chi connectivity index (χ3n) is 7.60. The molecule has 0 bridgehead atoms. The Morgan fingerprint density at radius 2 is 1.54 bits per heavy atom. The molecule has 8 heteroatoms. The summed E-state index contributed by atoms with van der Waals surface area (Å²) in [6.45, 7) is 10.7. The Hall–Kier alpha value is -2.88. The zero-order chi connectivity index (χ0) is 27.0. The number of morpholine rings is 1. The van der Waals surface area contributed by atoms with Crippen molar-refractivity contribution in [1.82, 2.24) is 19.8 Å². The Kier molecular flexibility index (Phi) is 9.55. The normalized spacial score (nSPS) is 17.9. The molecule has 2 aliphatic rings. The number of aromatic nitrogens is 2. The summed E-state index contributed by atoms with van der Waals surface area (Å²) in [5, 5.41) is 10.7. The van der Waals surface area contributed by atoms with E-state index in [0.717, 1.165) is 87.4 Å². The molecule has 5 rings (SSSR count). The van der Waals surface area contributed by atoms with Crippen LogP contribution in [0.5, 0.6) is 0 Å². The molecule has 3 aromatic rings. The highest BCUT2D eigenvalue weighted by molar-refractivity contribution is 5.61. The van der Waals surface area contributed by atoms with E-state index in [1.807, 2.05) is 18.2 Å². The predicted molar refractivity (Wildman–Crippen MR) is 154 cm³/mol. The summed E-state index contributed by atoms with van der Waals surface area (Å²) in [5.74, 6) is 1.72. The van der Waals surface area contributed by atoms with Crippen molar-refractivity contribution in [2.45, 2.75) is 26.1 Å². The second-order valence-electron chi connectivity index (χ2n) is 10.6. The molecule has 2 fully saturated rings. The lowest BCUT2D eigenvalue weighted by Crippen LogP contribution is -2.51. The number of nitrogens with zero attached hydrogens (tertiary/aromatic N) is 5. The quantitative estimate of drug-likeness (QED) is 0.428. The monoisotopic (exact) mass is 531 g/mol. The van der Waals surface area contributed by atoms with Gasteiger partial charge in [-0.3, -0.25) is 9.80 Å². The maximum Gasteiger partial charge on any atom is 0.161 e. The van der Waals surface area contributed by atoms with Crippen molar-refractivity contribution in [2.24, 2.45) is 0 Å². The zero-order valence-corrected chi connectivity index (χ0v) is 23.3. The van der Waals surface area contributed by atoms with Crippen LogP contribution in [0.1, 0.15) is 22.4 Å². The average Bonchev–Trinajstić information content (AvgIpc) is 2.96. The fourth-order valence-corrected chi connectivity index (χ4v) is 5.42. The third kappa shape index (κ3) is 7.41. The number of β-amino-alcohol motifs (C(OH)–C–C–N with tert-alkyl or cyclic N) is 1. The van der Waals surface area contributed by atoms with Crippen LogP contribution in [0.4, 0.5) is 5.82 Å². The van der Waals surface area contributed by atoms with E-state index in [9.17, 15) is 5.11 Å². The summed E-state index contributed by atoms with van der Waals surface area (Å²) in [4.78, 5) is 17.2. The standard InChI is InChI=1S/C31H41N5O3/c1-24-8-10-25(11-9-24)20-28-29(23-38-2)32-30(26-6-4-3-5-7-26)33-31(28)36-14-12-34(13-15-36)21-27(37)22-35-16-18-39-19-17-35/h3-11,27,37H,12-23H2,1-2H3/t27-/m0/s1. The molecule has 0 spiro atoms. The zero-order valence-electron chi connectivity index (χ0n) is 23.3. The van der Waals surface area contributed by atoms with Gasteiger partial charge in [0.1, 0.15) is 5.82 Å². The lowest BCUT2D eigenvalue weighted by Gasteiger charge is -2.38. The van der Waals surface area contributed by atoms with Crippen LogP contribution in [-0.2, 0) is 22.5 Å². The summed E-state index contributed by atoms with van der Waals surface area (Å²) in [5.41, 5.74) is 5.55. The molecule has 0 saturated carbocycles. The Morgan fingerprint density at radius 3 is 2.21 bits per heavy atom. The van der Waals surface area contributed by atoms with Crippen molar-refractivity contribution in [3.05, 3.63) is 77.0 Å². The molecule has 8 nitrogen and oxygen atoms in total. The Balaban J connectivity index is 1.36. The van der Waals surface area contributed by atoms with Crippen molar-refractivity contribution in [3.8, 4) is 11.4 Å². The van der Waals surface area contributed by atoms with E-state index in [1.165, 1.54) is 11.1 Å². The summed E-state index contributed by atoms with van der Waals surface area (Å²) in [6, 6.07) is 18.9. The van der Waals surface area contributed by atoms with Gasteiger partial charge in [0, 0.05) is 77.0 Å². The molecule has 39 heavy (non-hydrogen) atoms. The molecule has 2 aliphatic heterocycles. The van der Waals surface area contributed by atoms with Crippen LogP contribution >= 0.6 is 0 Å². The van der Waals surface area contributed by atoms with E-state index in [-0.39, 0.29) is 6.10 Å². The number of aryl methyl sites for hydroxylation is 1. The first-order valence-corrected chi connectivity index (χ1v) is 14.0. The van der Waals surface area contributed by atoms with Crippen LogP contribution in [0.2, 0.25) is 0 Å². The summed E-state index contributed by atoms with van der Waals surface area (Å²) in [6.07, 6.45) is 0.394. The van der Waals surface area contributed by atoms with Crippen LogP contribution in [0.3, 0.4) is 0 Å². The summed E-state index contributed by atoms with van der Waals surface area (Å²) >= 11 is 0. The van der Waals surface area contributed by atoms with Gasteiger partial charge in [0.25, 0.3) is 0 Å². The maximum absolute atomic E-state index is 10.7. The first kappa shape index (κ1) is 27.7. The molecule has 2 aromatic carbocycles. The topological polar surface area (TPSA) is 74.2 Å². The number of aliphatic hydroxyl groups excluding tert-OH is 1. The highest BCUT2D eigenvalue weighted by Gasteiger charge is 2.26. The minimum atomic E-state index is -0.358. The minimum absolute atomic E-state index is 0.358. The molecule has 1 aromatic heterocycles. The Bertz CT molecular complexity index is 1180. The van der Waals surface area contributed by atoms with E-state index in [4.69, 9.17) is 19.4 Å². The van der Waals surface area contributed by atoms with Gasteiger partial charge in [0.15, 0.2) is 5.82 Å². The number of piperazine rings is 1. The molecule has 0 unspecified atom stereocenters. The van der Waals surface area contributed by atoms with Crippen molar-refractivity contribution < 1.29 is 14.6 Å².